The average Bonchev–Trinajstić information content (AvgIpc) is 3.09. The number of benzene rings is 3. The zero-order valence-electron chi connectivity index (χ0n) is 31.6. The monoisotopic (exact) mass is 729 g/mol. The van der Waals surface area contributed by atoms with Crippen LogP contribution < -0.4 is 16.0 Å². The van der Waals surface area contributed by atoms with Crippen LogP contribution in [0.5, 0.6) is 0 Å². The van der Waals surface area contributed by atoms with Crippen molar-refractivity contribution in [1.82, 2.24) is 25.2 Å². The number of carbonyl (C=O) groups excluding carboxylic acids is 2. The Morgan fingerprint density at radius 1 is 0.808 bits per heavy atom. The fourth-order valence-corrected chi connectivity index (χ4v) is 7.94. The molecular weight excluding hydrogens is 675 g/mol. The molecule has 280 valence electrons. The summed E-state index contributed by atoms with van der Waals surface area (Å²) in [6.07, 6.45) is 0.598. The van der Waals surface area contributed by atoms with Gasteiger partial charge in [-0.2, -0.15) is 4.31 Å². The molecule has 2 amide bonds. The predicted octanol–water partition coefficient (Wildman–Crippen LogP) is 5.41. The summed E-state index contributed by atoms with van der Waals surface area (Å²) in [6, 6.07) is 25.1. The minimum absolute atomic E-state index is 0.0470. The number of pyridine rings is 1. The van der Waals surface area contributed by atoms with Crippen LogP contribution in [0.15, 0.2) is 102 Å². The highest BCUT2D eigenvalue weighted by atomic mass is 32.2. The van der Waals surface area contributed by atoms with Crippen LogP contribution in [0, 0.1) is 11.3 Å². The van der Waals surface area contributed by atoms with Gasteiger partial charge in [-0.1, -0.05) is 101 Å². The summed E-state index contributed by atoms with van der Waals surface area (Å²) in [6.45, 7) is 15.1. The first kappa shape index (κ1) is 40.6. The summed E-state index contributed by atoms with van der Waals surface area (Å²) in [7, 11) is -4.05. The van der Waals surface area contributed by atoms with E-state index in [0.29, 0.717) is 10.9 Å². The normalized spacial score (nSPS) is 14.9. The van der Waals surface area contributed by atoms with Crippen LogP contribution in [-0.2, 0) is 31.6 Å². The third-order valence-corrected chi connectivity index (χ3v) is 11.0. The first-order valence-corrected chi connectivity index (χ1v) is 19.3. The summed E-state index contributed by atoms with van der Waals surface area (Å²) < 4.78 is 29.5. The van der Waals surface area contributed by atoms with Gasteiger partial charge in [0, 0.05) is 30.2 Å². The van der Waals surface area contributed by atoms with Crippen molar-refractivity contribution in [2.24, 2.45) is 11.3 Å². The molecule has 4 atom stereocenters. The minimum atomic E-state index is -4.05. The van der Waals surface area contributed by atoms with Crippen LogP contribution in [0.3, 0.4) is 0 Å². The Balaban J connectivity index is 1.58. The van der Waals surface area contributed by atoms with Crippen molar-refractivity contribution in [2.45, 2.75) is 96.5 Å². The van der Waals surface area contributed by atoms with E-state index in [2.05, 4.69) is 20.9 Å². The van der Waals surface area contributed by atoms with E-state index in [9.17, 15) is 23.1 Å². The lowest BCUT2D eigenvalue weighted by Crippen LogP contribution is -2.61. The highest BCUT2D eigenvalue weighted by Gasteiger charge is 2.38. The molecule has 3 aromatic carbocycles. The molecule has 10 nitrogen and oxygen atoms in total. The van der Waals surface area contributed by atoms with Crippen LogP contribution in [-0.4, -0.2) is 71.9 Å². The second-order valence-electron chi connectivity index (χ2n) is 15.6. The molecular formula is C41H55N5O5S. The van der Waals surface area contributed by atoms with Gasteiger partial charge in [0.2, 0.25) is 21.8 Å². The smallest absolute Gasteiger partial charge is 0.243 e. The molecule has 0 radical (unpaired) electrons. The van der Waals surface area contributed by atoms with Crippen molar-refractivity contribution < 1.29 is 23.1 Å². The second-order valence-corrected chi connectivity index (χ2v) is 17.5. The molecule has 0 saturated heterocycles. The van der Waals surface area contributed by atoms with Crippen LogP contribution in [0.1, 0.15) is 66.5 Å². The third kappa shape index (κ3) is 10.7. The number of carbonyl (C=O) groups is 2. The van der Waals surface area contributed by atoms with E-state index in [-0.39, 0.29) is 36.2 Å². The first-order valence-electron chi connectivity index (χ1n) is 17.9. The standard InChI is InChI=1S/C41H55N5O5S/c1-28(2)26-46(52(50,51)33-21-22-34-31(25-33)18-15-23-42-34)27-36(47)35(24-30-16-11-9-12-17-30)43-39(49)37(40(4,5)6)44-38(48)29(3)45-41(7,8)32-19-13-10-14-20-32/h9-23,25,28-29,35-37,45,47H,24,26-27H2,1-8H3,(H,43,49)(H,44,48)/t29-,35+,36-,37-/m1/s1. The number of hydrogen-bond acceptors (Lipinski definition) is 7. The lowest BCUT2D eigenvalue weighted by atomic mass is 9.85. The van der Waals surface area contributed by atoms with E-state index in [1.165, 1.54) is 10.4 Å². The second kappa shape index (κ2) is 17.1. The molecule has 0 fully saturated rings. The molecule has 0 spiro atoms. The Bertz CT molecular complexity index is 1900. The number of hydrogen-bond donors (Lipinski definition) is 4. The maximum absolute atomic E-state index is 14.2. The van der Waals surface area contributed by atoms with Crippen molar-refractivity contribution in [3.05, 3.63) is 108 Å². The highest BCUT2D eigenvalue weighted by Crippen LogP contribution is 2.25. The van der Waals surface area contributed by atoms with E-state index in [0.717, 1.165) is 11.1 Å². The lowest BCUT2D eigenvalue weighted by molar-refractivity contribution is -0.133. The number of sulfonamides is 1. The Labute approximate surface area is 309 Å². The number of amides is 2. The number of aliphatic hydroxyl groups excluding tert-OH is 1. The number of fused-ring (bicyclic) bond motifs is 1. The van der Waals surface area contributed by atoms with E-state index in [1.807, 2.05) is 109 Å². The van der Waals surface area contributed by atoms with Crippen molar-refractivity contribution in [1.29, 1.82) is 0 Å². The summed E-state index contributed by atoms with van der Waals surface area (Å²) in [5.41, 5.74) is 1.32. The fourth-order valence-electron chi connectivity index (χ4n) is 6.28. The van der Waals surface area contributed by atoms with Crippen molar-refractivity contribution in [3.63, 3.8) is 0 Å². The van der Waals surface area contributed by atoms with Gasteiger partial charge in [-0.25, -0.2) is 8.42 Å². The number of nitrogens with one attached hydrogen (secondary N) is 3. The molecule has 0 aliphatic rings. The van der Waals surface area contributed by atoms with Gasteiger partial charge in [-0.3, -0.25) is 19.9 Å². The number of aromatic nitrogens is 1. The molecule has 4 aromatic rings. The van der Waals surface area contributed by atoms with Crippen LogP contribution in [0.25, 0.3) is 10.9 Å². The molecule has 4 N–H and O–H groups in total. The van der Waals surface area contributed by atoms with Crippen LogP contribution in [0.4, 0.5) is 0 Å². The molecule has 0 saturated carbocycles. The number of aliphatic hydroxyl groups is 1. The maximum Gasteiger partial charge on any atom is 0.243 e. The zero-order valence-corrected chi connectivity index (χ0v) is 32.4. The molecule has 1 aromatic heterocycles. The molecule has 11 heteroatoms. The van der Waals surface area contributed by atoms with E-state index >= 15 is 0 Å². The quantitative estimate of drug-likeness (QED) is 0.121. The van der Waals surface area contributed by atoms with Gasteiger partial charge in [0.1, 0.15) is 6.04 Å². The predicted molar refractivity (Wildman–Crippen MR) is 207 cm³/mol. The van der Waals surface area contributed by atoms with Crippen LogP contribution >= 0.6 is 0 Å². The Kier molecular flexibility index (Phi) is 13.4. The van der Waals surface area contributed by atoms with Gasteiger partial charge < -0.3 is 15.7 Å². The SMILES string of the molecule is CC(C)CN(C[C@@H](O)[C@H](Cc1ccccc1)NC(=O)[C@@H](NC(=O)[C@@H](C)NC(C)(C)c1ccccc1)C(C)(C)C)S(=O)(=O)c1ccc2ncccc2c1. The molecule has 4 rings (SSSR count). The number of rotatable bonds is 16. The number of nitrogens with zero attached hydrogens (tertiary/aromatic N) is 2. The van der Waals surface area contributed by atoms with Gasteiger partial charge in [0.05, 0.1) is 28.6 Å². The average molecular weight is 730 g/mol. The van der Waals surface area contributed by atoms with Crippen LogP contribution in [0.2, 0.25) is 0 Å². The van der Waals surface area contributed by atoms with Gasteiger partial charge in [-0.05, 0) is 73.9 Å². The topological polar surface area (TPSA) is 141 Å². The Morgan fingerprint density at radius 2 is 1.44 bits per heavy atom. The molecule has 0 aliphatic heterocycles. The van der Waals surface area contributed by atoms with Gasteiger partial charge in [-0.15, -0.1) is 0 Å². The van der Waals surface area contributed by atoms with Crippen molar-refractivity contribution in [3.8, 4) is 0 Å². The largest absolute Gasteiger partial charge is 0.390 e. The fraction of sp³-hybridized carbons (Fsp3) is 0.439. The summed E-state index contributed by atoms with van der Waals surface area (Å²) in [5.74, 6) is -0.871. The third-order valence-electron chi connectivity index (χ3n) is 9.14. The Morgan fingerprint density at radius 3 is 2.06 bits per heavy atom. The van der Waals surface area contributed by atoms with E-state index in [1.54, 1.807) is 37.4 Å². The minimum Gasteiger partial charge on any atom is -0.390 e. The zero-order chi connectivity index (χ0) is 38.3. The molecule has 0 unspecified atom stereocenters. The van der Waals surface area contributed by atoms with E-state index in [4.69, 9.17) is 0 Å². The Hall–Kier alpha value is -4.16. The maximum atomic E-state index is 14.2. The van der Waals surface area contributed by atoms with Gasteiger partial charge >= 0.3 is 0 Å². The first-order chi connectivity index (χ1) is 24.4. The molecule has 0 bridgehead atoms. The summed E-state index contributed by atoms with van der Waals surface area (Å²) in [5, 5.41) is 21.9. The molecule has 52 heavy (non-hydrogen) atoms. The highest BCUT2D eigenvalue weighted by molar-refractivity contribution is 7.89. The van der Waals surface area contributed by atoms with Gasteiger partial charge in [0.15, 0.2) is 0 Å². The molecule has 1 heterocycles. The molecule has 0 aliphatic carbocycles. The summed E-state index contributed by atoms with van der Waals surface area (Å²) in [4.78, 5) is 32.2. The van der Waals surface area contributed by atoms with Gasteiger partial charge in [0.25, 0.3) is 0 Å². The van der Waals surface area contributed by atoms with Crippen molar-refractivity contribution in [2.75, 3.05) is 13.1 Å². The van der Waals surface area contributed by atoms with E-state index < -0.39 is 51.1 Å². The van der Waals surface area contributed by atoms with Crippen molar-refractivity contribution >= 4 is 32.7 Å². The lowest BCUT2D eigenvalue weighted by Gasteiger charge is -2.36. The summed E-state index contributed by atoms with van der Waals surface area (Å²) >= 11 is 0.